The molecule has 14 rings (SSSR count). The van der Waals surface area contributed by atoms with Gasteiger partial charge in [0.15, 0.2) is 5.84 Å². The number of hydrogen-bond acceptors (Lipinski definition) is 3. The predicted octanol–water partition coefficient (Wildman–Crippen LogP) is 16.5. The summed E-state index contributed by atoms with van der Waals surface area (Å²) in [5.74, 6) is 0.643. The van der Waals surface area contributed by atoms with Crippen molar-refractivity contribution in [2.24, 2.45) is 9.98 Å². The number of nitrogens with zero attached hydrogens (tertiary/aromatic N) is 3. The van der Waals surface area contributed by atoms with Crippen molar-refractivity contribution >= 4 is 115 Å². The van der Waals surface area contributed by atoms with E-state index in [-0.39, 0.29) is 0 Å². The van der Waals surface area contributed by atoms with Crippen LogP contribution in [0.1, 0.15) is 29.5 Å². The zero-order valence-electron chi connectivity index (χ0n) is 35.9. The van der Waals surface area contributed by atoms with Crippen LogP contribution in [0.4, 0.5) is 0 Å². The fourth-order valence-corrected chi connectivity index (χ4v) is 10.9. The van der Waals surface area contributed by atoms with Crippen LogP contribution >= 0.6 is 0 Å². The Morgan fingerprint density at radius 3 is 1.89 bits per heavy atom. The van der Waals surface area contributed by atoms with Crippen LogP contribution in [0, 0.1) is 0 Å². The summed E-state index contributed by atoms with van der Waals surface area (Å²) in [4.78, 5) is 11.8. The van der Waals surface area contributed by atoms with Crippen molar-refractivity contribution in [1.82, 2.24) is 4.57 Å². The smallest absolute Gasteiger partial charge is 0.162 e. The molecule has 0 unspecified atom stereocenters. The fourth-order valence-electron chi connectivity index (χ4n) is 10.9. The minimum atomic E-state index is 0.643. The van der Waals surface area contributed by atoms with Gasteiger partial charge in [0.05, 0.1) is 33.7 Å². The number of amidine groups is 1. The molecule has 0 atom stereocenters. The van der Waals surface area contributed by atoms with Crippen molar-refractivity contribution in [2.75, 3.05) is 0 Å². The van der Waals surface area contributed by atoms with Gasteiger partial charge in [0.2, 0.25) is 0 Å². The van der Waals surface area contributed by atoms with E-state index in [0.717, 1.165) is 85.0 Å². The first-order valence-corrected chi connectivity index (χ1v) is 22.8. The maximum Gasteiger partial charge on any atom is 0.162 e. The summed E-state index contributed by atoms with van der Waals surface area (Å²) >= 11 is 0. The van der Waals surface area contributed by atoms with Crippen molar-refractivity contribution < 1.29 is 4.42 Å². The van der Waals surface area contributed by atoms with Gasteiger partial charge in [0, 0.05) is 38.1 Å². The van der Waals surface area contributed by atoms with Crippen LogP contribution < -0.4 is 0 Å². The Labute approximate surface area is 379 Å². The molecule has 0 radical (unpaired) electrons. The lowest BCUT2D eigenvalue weighted by molar-refractivity contribution is 0.669. The third-order valence-electron chi connectivity index (χ3n) is 13.8. The molecular weight excluding hydrogens is 803 g/mol. The molecule has 2 aromatic heterocycles. The van der Waals surface area contributed by atoms with E-state index in [2.05, 4.69) is 211 Å². The highest BCUT2D eigenvalue weighted by atomic mass is 16.3. The summed E-state index contributed by atoms with van der Waals surface area (Å²) in [6.45, 7) is 0. The van der Waals surface area contributed by atoms with Gasteiger partial charge in [0.25, 0.3) is 0 Å². The van der Waals surface area contributed by atoms with Crippen molar-refractivity contribution in [2.45, 2.75) is 12.8 Å². The molecule has 0 saturated carbocycles. The topological polar surface area (TPSA) is 42.8 Å². The minimum absolute atomic E-state index is 0.643. The normalized spacial score (nSPS) is 13.6. The van der Waals surface area contributed by atoms with Crippen LogP contribution in [-0.4, -0.2) is 16.1 Å². The molecule has 13 aromatic rings. The summed E-state index contributed by atoms with van der Waals surface area (Å²) in [6, 6.07) is 74.4. The molecule has 0 N–H and O–H groups in total. The number of aliphatic imine (C=N–C) groups is 2. The summed E-state index contributed by atoms with van der Waals surface area (Å²) < 4.78 is 9.26. The van der Waals surface area contributed by atoms with Gasteiger partial charge in [-0.15, -0.1) is 0 Å². The Bertz CT molecular complexity index is 4290. The largest absolute Gasteiger partial charge is 0.456 e. The quantitative estimate of drug-likeness (QED) is 0.163. The average molecular weight is 842 g/mol. The van der Waals surface area contributed by atoms with E-state index in [0.29, 0.717) is 5.84 Å². The third kappa shape index (κ3) is 5.58. The number of benzene rings is 11. The SMILES string of the molecule is C1=C(c2cccc3ccccc23)N=C(c2c(-n3c4cc5ccccc5cc4c4ccc5ccccc5c43)ccc3oc4ccccc4c23)N=C(c2cc3ccccc3c3ccccc23)CC1. The zero-order chi connectivity index (χ0) is 43.3. The Hall–Kier alpha value is -8.60. The standard InChI is InChI=1S/C62H39N3O/c1-2-18-41-37-56-52(35-40(41)17-1)49-32-31-39-16-4-8-23-45(39)61(49)65(56)55-33-34-58-59(50-26-11-12-30-57(50)66-58)60(55)62-63-53(48-27-13-20-38-15-3-6-21-43(38)48)28-14-29-54(64-62)51-36-42-19-5-7-22-44(42)46-24-9-10-25-47(46)51/h1-13,15-28,30-37H,14,29H2. The monoisotopic (exact) mass is 841 g/mol. The lowest BCUT2D eigenvalue weighted by Gasteiger charge is -2.20. The Morgan fingerprint density at radius 1 is 0.409 bits per heavy atom. The zero-order valence-corrected chi connectivity index (χ0v) is 35.9. The number of para-hydroxylation sites is 1. The Morgan fingerprint density at radius 2 is 1.06 bits per heavy atom. The van der Waals surface area contributed by atoms with E-state index in [1.807, 2.05) is 6.07 Å². The second-order valence-electron chi connectivity index (χ2n) is 17.5. The van der Waals surface area contributed by atoms with Crippen molar-refractivity contribution in [1.29, 1.82) is 0 Å². The van der Waals surface area contributed by atoms with Gasteiger partial charge in [-0.1, -0.05) is 176 Å². The summed E-state index contributed by atoms with van der Waals surface area (Å²) in [6.07, 6.45) is 3.82. The summed E-state index contributed by atoms with van der Waals surface area (Å²) in [7, 11) is 0. The number of fused-ring (bicyclic) bond motifs is 13. The van der Waals surface area contributed by atoms with Crippen molar-refractivity contribution in [3.63, 3.8) is 0 Å². The highest BCUT2D eigenvalue weighted by Crippen LogP contribution is 2.43. The maximum atomic E-state index is 6.77. The number of aromatic nitrogens is 1. The van der Waals surface area contributed by atoms with E-state index in [1.165, 1.54) is 59.2 Å². The van der Waals surface area contributed by atoms with E-state index >= 15 is 0 Å². The van der Waals surface area contributed by atoms with Crippen LogP contribution in [0.2, 0.25) is 0 Å². The molecule has 1 aliphatic rings. The Balaban J connectivity index is 1.16. The van der Waals surface area contributed by atoms with Gasteiger partial charge in [-0.2, -0.15) is 0 Å². The fraction of sp³-hybridized carbons (Fsp3) is 0.0323. The third-order valence-corrected chi connectivity index (χ3v) is 13.8. The first kappa shape index (κ1) is 36.8. The summed E-state index contributed by atoms with van der Waals surface area (Å²) in [5.41, 5.74) is 9.91. The first-order valence-electron chi connectivity index (χ1n) is 22.8. The average Bonchev–Trinajstić information content (AvgIpc) is 3.91. The van der Waals surface area contributed by atoms with Gasteiger partial charge < -0.3 is 8.98 Å². The first-order chi connectivity index (χ1) is 32.7. The molecule has 4 heteroatoms. The van der Waals surface area contributed by atoms with Gasteiger partial charge in [-0.3, -0.25) is 0 Å². The van der Waals surface area contributed by atoms with Gasteiger partial charge in [-0.05, 0) is 97.7 Å². The van der Waals surface area contributed by atoms with E-state index in [4.69, 9.17) is 14.4 Å². The molecule has 66 heavy (non-hydrogen) atoms. The number of rotatable bonds is 4. The molecule has 0 bridgehead atoms. The molecule has 0 spiro atoms. The number of furan rings is 1. The molecule has 0 fully saturated rings. The lowest BCUT2D eigenvalue weighted by Crippen LogP contribution is -2.13. The minimum Gasteiger partial charge on any atom is -0.456 e. The molecule has 308 valence electrons. The molecule has 0 aliphatic carbocycles. The maximum absolute atomic E-state index is 6.77. The van der Waals surface area contributed by atoms with Crippen LogP contribution in [0.25, 0.3) is 109 Å². The highest BCUT2D eigenvalue weighted by Gasteiger charge is 2.26. The molecule has 11 aromatic carbocycles. The van der Waals surface area contributed by atoms with E-state index < -0.39 is 0 Å². The lowest BCUT2D eigenvalue weighted by atomic mass is 9.92. The van der Waals surface area contributed by atoms with Crippen LogP contribution in [0.5, 0.6) is 0 Å². The highest BCUT2D eigenvalue weighted by molar-refractivity contribution is 6.28. The van der Waals surface area contributed by atoms with Crippen LogP contribution in [0.3, 0.4) is 0 Å². The van der Waals surface area contributed by atoms with Crippen LogP contribution in [-0.2, 0) is 0 Å². The van der Waals surface area contributed by atoms with Gasteiger partial charge in [-0.25, -0.2) is 9.98 Å². The molecule has 1 aliphatic heterocycles. The number of hydrogen-bond donors (Lipinski definition) is 0. The molecular formula is C62H39N3O. The van der Waals surface area contributed by atoms with Crippen LogP contribution in [0.15, 0.2) is 227 Å². The molecule has 3 heterocycles. The number of allylic oxidation sites excluding steroid dienone is 1. The van der Waals surface area contributed by atoms with Gasteiger partial charge in [0.1, 0.15) is 11.2 Å². The van der Waals surface area contributed by atoms with E-state index in [9.17, 15) is 0 Å². The molecule has 0 saturated heterocycles. The molecule has 0 amide bonds. The second-order valence-corrected chi connectivity index (χ2v) is 17.5. The van der Waals surface area contributed by atoms with Gasteiger partial charge >= 0.3 is 0 Å². The Kier molecular flexibility index (Phi) is 8.07. The molecule has 4 nitrogen and oxygen atoms in total. The second kappa shape index (κ2) is 14.5. The summed E-state index contributed by atoms with van der Waals surface area (Å²) in [5, 5.41) is 16.3. The van der Waals surface area contributed by atoms with Crippen molar-refractivity contribution in [3.05, 3.63) is 229 Å². The van der Waals surface area contributed by atoms with Crippen molar-refractivity contribution in [3.8, 4) is 5.69 Å². The predicted molar refractivity (Wildman–Crippen MR) is 279 cm³/mol. The van der Waals surface area contributed by atoms with E-state index in [1.54, 1.807) is 0 Å².